The van der Waals surface area contributed by atoms with Crippen LogP contribution < -0.4 is 14.9 Å². The van der Waals surface area contributed by atoms with Crippen LogP contribution in [0.15, 0.2) is 78.9 Å². The molecule has 3 rings (SSSR count). The first-order chi connectivity index (χ1) is 13.2. The molecule has 0 unspecified atom stereocenters. The SMILES string of the molecule is O=C(NCl)c1ccc(Oc2ccc(CNCCc3ccccc3)cc2)cc1. The lowest BCUT2D eigenvalue weighted by molar-refractivity contribution is 0.0982. The van der Waals surface area contributed by atoms with Crippen LogP contribution in [0, 0.1) is 0 Å². The second-order valence-corrected chi connectivity index (χ2v) is 6.30. The fraction of sp³-hybridized carbons (Fsp3) is 0.136. The Bertz CT molecular complexity index is 850. The standard InChI is InChI=1S/C22H21ClN2O2/c23-25-22(26)19-8-12-21(13-9-19)27-20-10-6-18(7-11-20)16-24-15-14-17-4-2-1-3-5-17/h1-13,24H,14-16H2,(H,25,26). The maximum atomic E-state index is 11.4. The van der Waals surface area contributed by atoms with Crippen LogP contribution >= 0.6 is 11.8 Å². The number of amides is 1. The van der Waals surface area contributed by atoms with Crippen molar-refractivity contribution in [3.63, 3.8) is 0 Å². The Labute approximate surface area is 164 Å². The van der Waals surface area contributed by atoms with Gasteiger partial charge in [0.15, 0.2) is 0 Å². The molecule has 3 aromatic carbocycles. The van der Waals surface area contributed by atoms with Gasteiger partial charge in [-0.25, -0.2) is 0 Å². The Balaban J connectivity index is 1.46. The van der Waals surface area contributed by atoms with Gasteiger partial charge >= 0.3 is 0 Å². The minimum absolute atomic E-state index is 0.340. The van der Waals surface area contributed by atoms with Gasteiger partial charge in [-0.3, -0.25) is 9.63 Å². The molecular weight excluding hydrogens is 360 g/mol. The van der Waals surface area contributed by atoms with Gasteiger partial charge in [0.1, 0.15) is 11.5 Å². The fourth-order valence-corrected chi connectivity index (χ4v) is 2.76. The van der Waals surface area contributed by atoms with Crippen molar-refractivity contribution in [1.29, 1.82) is 0 Å². The van der Waals surface area contributed by atoms with Gasteiger partial charge in [-0.05, 0) is 60.5 Å². The van der Waals surface area contributed by atoms with E-state index in [9.17, 15) is 4.79 Å². The molecule has 0 aliphatic rings. The second-order valence-electron chi connectivity index (χ2n) is 6.11. The predicted octanol–water partition coefficient (Wildman–Crippen LogP) is 4.69. The highest BCUT2D eigenvalue weighted by Crippen LogP contribution is 2.22. The highest BCUT2D eigenvalue weighted by atomic mass is 35.5. The zero-order valence-electron chi connectivity index (χ0n) is 14.8. The van der Waals surface area contributed by atoms with Crippen molar-refractivity contribution in [3.8, 4) is 11.5 Å². The van der Waals surface area contributed by atoms with Crippen LogP contribution in [0.2, 0.25) is 0 Å². The molecular formula is C22H21ClN2O2. The molecule has 0 radical (unpaired) electrons. The molecule has 0 saturated carbocycles. The Hall–Kier alpha value is -2.82. The zero-order chi connectivity index (χ0) is 18.9. The average molecular weight is 381 g/mol. The summed E-state index contributed by atoms with van der Waals surface area (Å²) in [6, 6.07) is 25.2. The lowest BCUT2D eigenvalue weighted by Crippen LogP contribution is -2.16. The number of carbonyl (C=O) groups is 1. The molecule has 0 aliphatic carbocycles. The van der Waals surface area contributed by atoms with Crippen molar-refractivity contribution in [3.05, 3.63) is 95.6 Å². The molecule has 0 aliphatic heterocycles. The van der Waals surface area contributed by atoms with E-state index in [2.05, 4.69) is 34.4 Å². The molecule has 5 heteroatoms. The molecule has 0 aromatic heterocycles. The largest absolute Gasteiger partial charge is 0.457 e. The summed E-state index contributed by atoms with van der Waals surface area (Å²) >= 11 is 5.31. The van der Waals surface area contributed by atoms with Crippen molar-refractivity contribution in [2.24, 2.45) is 0 Å². The van der Waals surface area contributed by atoms with Crippen molar-refractivity contribution in [2.45, 2.75) is 13.0 Å². The van der Waals surface area contributed by atoms with E-state index in [1.807, 2.05) is 30.3 Å². The summed E-state index contributed by atoms with van der Waals surface area (Å²) in [5.41, 5.74) is 3.02. The highest BCUT2D eigenvalue weighted by Gasteiger charge is 2.04. The Morgan fingerprint density at radius 1 is 0.815 bits per heavy atom. The summed E-state index contributed by atoms with van der Waals surface area (Å²) in [6.45, 7) is 1.75. The number of halogens is 1. The Kier molecular flexibility index (Phi) is 6.85. The third-order valence-corrected chi connectivity index (χ3v) is 4.30. The normalized spacial score (nSPS) is 10.4. The summed E-state index contributed by atoms with van der Waals surface area (Å²) in [7, 11) is 0. The van der Waals surface area contributed by atoms with Crippen LogP contribution in [0.25, 0.3) is 0 Å². The van der Waals surface area contributed by atoms with Gasteiger partial charge in [-0.2, -0.15) is 0 Å². The Morgan fingerprint density at radius 2 is 1.44 bits per heavy atom. The molecule has 138 valence electrons. The zero-order valence-corrected chi connectivity index (χ0v) is 15.6. The van der Waals surface area contributed by atoms with Crippen LogP contribution in [0.1, 0.15) is 21.5 Å². The summed E-state index contributed by atoms with van der Waals surface area (Å²) in [6.07, 6.45) is 1.01. The van der Waals surface area contributed by atoms with E-state index < -0.39 is 0 Å². The number of hydrogen-bond donors (Lipinski definition) is 2. The summed E-state index contributed by atoms with van der Waals surface area (Å²) in [5.74, 6) is 1.07. The van der Waals surface area contributed by atoms with Gasteiger partial charge in [0.25, 0.3) is 5.91 Å². The van der Waals surface area contributed by atoms with Gasteiger partial charge in [-0.1, -0.05) is 42.5 Å². The number of benzene rings is 3. The van der Waals surface area contributed by atoms with Gasteiger partial charge < -0.3 is 10.1 Å². The molecule has 27 heavy (non-hydrogen) atoms. The van der Waals surface area contributed by atoms with Gasteiger partial charge in [0.2, 0.25) is 0 Å². The quantitative estimate of drug-likeness (QED) is 0.440. The molecule has 0 bridgehead atoms. The highest BCUT2D eigenvalue weighted by molar-refractivity contribution is 6.24. The van der Waals surface area contributed by atoms with Crippen molar-refractivity contribution >= 4 is 17.7 Å². The number of carbonyl (C=O) groups excluding carboxylic acids is 1. The van der Waals surface area contributed by atoms with E-state index >= 15 is 0 Å². The van der Waals surface area contributed by atoms with E-state index in [4.69, 9.17) is 16.5 Å². The van der Waals surface area contributed by atoms with E-state index in [-0.39, 0.29) is 5.91 Å². The van der Waals surface area contributed by atoms with Crippen LogP contribution in [-0.2, 0) is 13.0 Å². The van der Waals surface area contributed by atoms with Crippen LogP contribution in [0.5, 0.6) is 11.5 Å². The van der Waals surface area contributed by atoms with Crippen molar-refractivity contribution in [1.82, 2.24) is 10.2 Å². The van der Waals surface area contributed by atoms with Crippen LogP contribution in [0.3, 0.4) is 0 Å². The molecule has 0 spiro atoms. The third-order valence-electron chi connectivity index (χ3n) is 4.12. The first-order valence-electron chi connectivity index (χ1n) is 8.77. The van der Waals surface area contributed by atoms with Crippen molar-refractivity contribution < 1.29 is 9.53 Å². The first-order valence-corrected chi connectivity index (χ1v) is 9.15. The minimum atomic E-state index is -0.340. The lowest BCUT2D eigenvalue weighted by Gasteiger charge is -2.08. The lowest BCUT2D eigenvalue weighted by atomic mass is 10.1. The second kappa shape index (κ2) is 9.76. The van der Waals surface area contributed by atoms with Crippen LogP contribution in [0.4, 0.5) is 0 Å². The number of rotatable bonds is 8. The summed E-state index contributed by atoms with van der Waals surface area (Å²) in [4.78, 5) is 13.5. The molecule has 4 nitrogen and oxygen atoms in total. The van der Waals surface area contributed by atoms with Crippen LogP contribution in [-0.4, -0.2) is 12.5 Å². The van der Waals surface area contributed by atoms with Gasteiger partial charge in [0.05, 0.1) is 0 Å². The molecule has 0 saturated heterocycles. The fourth-order valence-electron chi connectivity index (χ4n) is 2.65. The molecule has 2 N–H and O–H groups in total. The Morgan fingerprint density at radius 3 is 2.07 bits per heavy atom. The molecule has 0 fully saturated rings. The molecule has 1 amide bonds. The molecule has 0 heterocycles. The maximum Gasteiger partial charge on any atom is 0.265 e. The van der Waals surface area contributed by atoms with E-state index in [0.29, 0.717) is 11.3 Å². The number of ether oxygens (including phenoxy) is 1. The monoisotopic (exact) mass is 380 g/mol. The molecule has 3 aromatic rings. The van der Waals surface area contributed by atoms with Gasteiger partial charge in [0, 0.05) is 23.9 Å². The minimum Gasteiger partial charge on any atom is -0.457 e. The van der Waals surface area contributed by atoms with E-state index in [0.717, 1.165) is 25.3 Å². The smallest absolute Gasteiger partial charge is 0.265 e. The third kappa shape index (κ3) is 5.84. The summed E-state index contributed by atoms with van der Waals surface area (Å²) < 4.78 is 5.80. The summed E-state index contributed by atoms with van der Waals surface area (Å²) in [5, 5.41) is 3.45. The van der Waals surface area contributed by atoms with E-state index in [1.54, 1.807) is 24.3 Å². The average Bonchev–Trinajstić information content (AvgIpc) is 2.73. The molecule has 0 atom stereocenters. The number of nitrogens with one attached hydrogen (secondary N) is 2. The predicted molar refractivity (Wildman–Crippen MR) is 108 cm³/mol. The van der Waals surface area contributed by atoms with Crippen molar-refractivity contribution in [2.75, 3.05) is 6.54 Å². The number of hydrogen-bond acceptors (Lipinski definition) is 3. The van der Waals surface area contributed by atoms with E-state index in [1.165, 1.54) is 11.1 Å². The first kappa shape index (κ1) is 19.0. The van der Waals surface area contributed by atoms with Gasteiger partial charge in [-0.15, -0.1) is 0 Å². The topological polar surface area (TPSA) is 50.4 Å². The maximum absolute atomic E-state index is 11.4.